The summed E-state index contributed by atoms with van der Waals surface area (Å²) in [6, 6.07) is 18.0. The number of benzene rings is 2. The molecule has 150 valence electrons. The van der Waals surface area contributed by atoms with Gasteiger partial charge in [-0.2, -0.15) is 0 Å². The number of ether oxygens (including phenoxy) is 2. The molecule has 1 heterocycles. The quantitative estimate of drug-likeness (QED) is 0.563. The number of aromatic hydroxyl groups is 1. The molecule has 0 spiro atoms. The van der Waals surface area contributed by atoms with Crippen molar-refractivity contribution in [1.82, 2.24) is 15.5 Å². The highest BCUT2D eigenvalue weighted by molar-refractivity contribution is 5.69. The summed E-state index contributed by atoms with van der Waals surface area (Å²) >= 11 is 0. The fourth-order valence-corrected chi connectivity index (χ4v) is 2.73. The van der Waals surface area contributed by atoms with Gasteiger partial charge in [0.25, 0.3) is 0 Å². The number of hydrogen-bond acceptors (Lipinski definition) is 7. The number of anilines is 1. The van der Waals surface area contributed by atoms with Crippen LogP contribution in [0.5, 0.6) is 11.5 Å². The molecule has 0 radical (unpaired) electrons. The molecule has 0 aliphatic heterocycles. The zero-order valence-electron chi connectivity index (χ0n) is 15.9. The van der Waals surface area contributed by atoms with E-state index in [4.69, 9.17) is 15.2 Å². The minimum absolute atomic E-state index is 0.0821. The van der Waals surface area contributed by atoms with Crippen LogP contribution in [0, 0.1) is 0 Å². The van der Waals surface area contributed by atoms with E-state index in [9.17, 15) is 9.90 Å². The number of nitrogens with one attached hydrogen (secondary N) is 1. The van der Waals surface area contributed by atoms with E-state index in [1.54, 1.807) is 30.3 Å². The Labute approximate surface area is 168 Å². The summed E-state index contributed by atoms with van der Waals surface area (Å²) in [7, 11) is 1.50. The van der Waals surface area contributed by atoms with Gasteiger partial charge < -0.3 is 25.6 Å². The normalized spacial score (nSPS) is 11.5. The maximum atomic E-state index is 11.5. The Bertz CT molecular complexity index is 966. The second kappa shape index (κ2) is 9.41. The van der Waals surface area contributed by atoms with Gasteiger partial charge >= 0.3 is 6.09 Å². The number of hydrogen-bond donors (Lipinski definition) is 3. The summed E-state index contributed by atoms with van der Waals surface area (Å²) < 4.78 is 11.1. The molecule has 2 aromatic carbocycles. The maximum absolute atomic E-state index is 11.5. The van der Waals surface area contributed by atoms with Gasteiger partial charge in [0.1, 0.15) is 18.1 Å². The zero-order chi connectivity index (χ0) is 20.6. The SMILES string of the molecule is CNC(=O)OCC(COc1cc(-c2ccccc2O)nnc1N)c1ccccc1. The summed E-state index contributed by atoms with van der Waals surface area (Å²) in [5.74, 6) is 0.329. The third-order valence-corrected chi connectivity index (χ3v) is 4.30. The van der Waals surface area contributed by atoms with Crippen molar-refractivity contribution in [3.63, 3.8) is 0 Å². The number of alkyl carbamates (subject to hydrolysis) is 1. The second-order valence-electron chi connectivity index (χ2n) is 6.26. The standard InChI is InChI=1S/C21H22N4O4/c1-23-21(27)29-13-15(14-7-3-2-4-8-14)12-28-19-11-17(24-25-20(19)22)16-9-5-6-10-18(16)26/h2-11,15,26H,12-13H2,1H3,(H2,22,25)(H,23,27). The predicted molar refractivity (Wildman–Crippen MR) is 109 cm³/mol. The topological polar surface area (TPSA) is 120 Å². The van der Waals surface area contributed by atoms with Crippen LogP contribution in [0.15, 0.2) is 60.7 Å². The Morgan fingerprint density at radius 1 is 1.10 bits per heavy atom. The Hall–Kier alpha value is -3.81. The first kappa shape index (κ1) is 19.9. The highest BCUT2D eigenvalue weighted by Crippen LogP contribution is 2.31. The van der Waals surface area contributed by atoms with Gasteiger partial charge in [-0.15, -0.1) is 10.2 Å². The molecule has 29 heavy (non-hydrogen) atoms. The zero-order valence-corrected chi connectivity index (χ0v) is 15.9. The molecule has 0 aliphatic rings. The number of nitrogens with zero attached hydrogens (tertiary/aromatic N) is 2. The largest absolute Gasteiger partial charge is 0.507 e. The van der Waals surface area contributed by atoms with Crippen LogP contribution in [0.1, 0.15) is 11.5 Å². The van der Waals surface area contributed by atoms with E-state index in [2.05, 4.69) is 15.5 Å². The van der Waals surface area contributed by atoms with Gasteiger partial charge in [0.15, 0.2) is 11.6 Å². The highest BCUT2D eigenvalue weighted by Gasteiger charge is 2.17. The van der Waals surface area contributed by atoms with Gasteiger partial charge in [-0.25, -0.2) is 4.79 Å². The van der Waals surface area contributed by atoms with Gasteiger partial charge in [0, 0.05) is 18.7 Å². The molecule has 4 N–H and O–H groups in total. The number of carbonyl (C=O) groups is 1. The van der Waals surface area contributed by atoms with Crippen LogP contribution in [0.4, 0.5) is 10.6 Å². The molecule has 1 unspecified atom stereocenters. The van der Waals surface area contributed by atoms with E-state index in [1.165, 1.54) is 7.05 Å². The van der Waals surface area contributed by atoms with Crippen molar-refractivity contribution in [3.8, 4) is 22.8 Å². The molecule has 1 amide bonds. The number of para-hydroxylation sites is 1. The van der Waals surface area contributed by atoms with Crippen LogP contribution < -0.4 is 15.8 Å². The minimum Gasteiger partial charge on any atom is -0.507 e. The number of nitrogens with two attached hydrogens (primary N) is 1. The van der Waals surface area contributed by atoms with Gasteiger partial charge in [0.05, 0.1) is 12.5 Å². The first-order chi connectivity index (χ1) is 14.1. The minimum atomic E-state index is -0.516. The van der Waals surface area contributed by atoms with Crippen molar-refractivity contribution >= 4 is 11.9 Å². The molecule has 0 aliphatic carbocycles. The molecule has 8 nitrogen and oxygen atoms in total. The number of carbonyl (C=O) groups excluding carboxylic acids is 1. The fraction of sp³-hybridized carbons (Fsp3) is 0.190. The van der Waals surface area contributed by atoms with Crippen molar-refractivity contribution in [2.24, 2.45) is 0 Å². The summed E-state index contributed by atoms with van der Waals surface area (Å²) in [6.45, 7) is 0.339. The molecule has 3 aromatic rings. The van der Waals surface area contributed by atoms with Gasteiger partial charge in [0.2, 0.25) is 0 Å². The van der Waals surface area contributed by atoms with Crippen LogP contribution in [0.25, 0.3) is 11.3 Å². The van der Waals surface area contributed by atoms with Crippen molar-refractivity contribution in [2.75, 3.05) is 26.0 Å². The van der Waals surface area contributed by atoms with Crippen LogP contribution in [0.2, 0.25) is 0 Å². The van der Waals surface area contributed by atoms with Crippen molar-refractivity contribution < 1.29 is 19.4 Å². The molecule has 0 fully saturated rings. The molecule has 0 bridgehead atoms. The van der Waals surface area contributed by atoms with Crippen LogP contribution in [0.3, 0.4) is 0 Å². The average Bonchev–Trinajstić information content (AvgIpc) is 2.75. The first-order valence-corrected chi connectivity index (χ1v) is 9.02. The molecule has 8 heteroatoms. The van der Waals surface area contributed by atoms with Gasteiger partial charge in [-0.3, -0.25) is 0 Å². The second-order valence-corrected chi connectivity index (χ2v) is 6.26. The van der Waals surface area contributed by atoms with Crippen LogP contribution >= 0.6 is 0 Å². The monoisotopic (exact) mass is 394 g/mol. The molecule has 1 atom stereocenters. The fourth-order valence-electron chi connectivity index (χ4n) is 2.73. The summed E-state index contributed by atoms with van der Waals surface area (Å²) in [6.07, 6.45) is -0.516. The van der Waals surface area contributed by atoms with E-state index in [0.717, 1.165) is 5.56 Å². The van der Waals surface area contributed by atoms with E-state index in [-0.39, 0.29) is 30.7 Å². The van der Waals surface area contributed by atoms with Crippen molar-refractivity contribution in [2.45, 2.75) is 5.92 Å². The molecule has 0 saturated heterocycles. The number of phenolic OH excluding ortho intramolecular Hbond substituents is 1. The Morgan fingerprint density at radius 2 is 1.83 bits per heavy atom. The highest BCUT2D eigenvalue weighted by atomic mass is 16.5. The molecule has 0 saturated carbocycles. The van der Waals surface area contributed by atoms with E-state index >= 15 is 0 Å². The van der Waals surface area contributed by atoms with Crippen LogP contribution in [-0.2, 0) is 4.74 Å². The lowest BCUT2D eigenvalue weighted by atomic mass is 10.0. The molecular formula is C21H22N4O4. The number of aromatic nitrogens is 2. The van der Waals surface area contributed by atoms with Gasteiger partial charge in [-0.1, -0.05) is 42.5 Å². The lowest BCUT2D eigenvalue weighted by molar-refractivity contribution is 0.130. The first-order valence-electron chi connectivity index (χ1n) is 9.02. The van der Waals surface area contributed by atoms with Crippen molar-refractivity contribution in [3.05, 3.63) is 66.2 Å². The van der Waals surface area contributed by atoms with E-state index in [0.29, 0.717) is 17.0 Å². The lowest BCUT2D eigenvalue weighted by Gasteiger charge is -2.19. The molecular weight excluding hydrogens is 372 g/mol. The third-order valence-electron chi connectivity index (χ3n) is 4.30. The predicted octanol–water partition coefficient (Wildman–Crippen LogP) is 2.95. The van der Waals surface area contributed by atoms with Crippen LogP contribution in [-0.4, -0.2) is 41.7 Å². The smallest absolute Gasteiger partial charge is 0.406 e. The maximum Gasteiger partial charge on any atom is 0.406 e. The summed E-state index contributed by atoms with van der Waals surface area (Å²) in [5, 5.41) is 20.4. The Kier molecular flexibility index (Phi) is 6.47. The molecule has 3 rings (SSSR count). The Morgan fingerprint density at radius 3 is 2.55 bits per heavy atom. The van der Waals surface area contributed by atoms with Crippen molar-refractivity contribution in [1.29, 1.82) is 0 Å². The third kappa shape index (κ3) is 5.13. The Balaban J connectivity index is 1.79. The average molecular weight is 394 g/mol. The lowest BCUT2D eigenvalue weighted by Crippen LogP contribution is -2.24. The van der Waals surface area contributed by atoms with E-state index in [1.807, 2.05) is 30.3 Å². The number of rotatable bonds is 7. The van der Waals surface area contributed by atoms with E-state index < -0.39 is 6.09 Å². The van der Waals surface area contributed by atoms with Gasteiger partial charge in [-0.05, 0) is 17.7 Å². The molecule has 1 aromatic heterocycles. The number of nitrogen functional groups attached to an aromatic ring is 1. The number of amides is 1. The summed E-state index contributed by atoms with van der Waals surface area (Å²) in [5.41, 5.74) is 7.83. The summed E-state index contributed by atoms with van der Waals surface area (Å²) in [4.78, 5) is 11.5. The number of phenols is 1.